The number of nitrogens with zero attached hydrogens (tertiary/aromatic N) is 3. The van der Waals surface area contributed by atoms with E-state index in [0.717, 1.165) is 17.0 Å². The molecule has 1 aliphatic heterocycles. The lowest BCUT2D eigenvalue weighted by molar-refractivity contribution is -0.138. The molecule has 1 fully saturated rings. The SMILES string of the molecule is Cc1c(C(=O)N2CCSCC2CC(=O)O)cnn1Cc1ccccc1. The lowest BCUT2D eigenvalue weighted by Crippen LogP contribution is -2.47. The first-order valence-electron chi connectivity index (χ1n) is 8.23. The number of aromatic nitrogens is 2. The van der Waals surface area contributed by atoms with Gasteiger partial charge in [0.25, 0.3) is 5.91 Å². The maximum Gasteiger partial charge on any atom is 0.305 e. The zero-order valence-electron chi connectivity index (χ0n) is 14.1. The molecule has 25 heavy (non-hydrogen) atoms. The van der Waals surface area contributed by atoms with Gasteiger partial charge in [0.2, 0.25) is 0 Å². The van der Waals surface area contributed by atoms with Crippen LogP contribution < -0.4 is 0 Å². The van der Waals surface area contributed by atoms with Gasteiger partial charge in [-0.2, -0.15) is 16.9 Å². The Hall–Kier alpha value is -2.28. The van der Waals surface area contributed by atoms with Gasteiger partial charge >= 0.3 is 5.97 Å². The number of carbonyl (C=O) groups is 2. The number of thioether (sulfide) groups is 1. The molecule has 3 rings (SSSR count). The van der Waals surface area contributed by atoms with Crippen LogP contribution in [-0.2, 0) is 11.3 Å². The van der Waals surface area contributed by atoms with E-state index in [1.54, 1.807) is 22.9 Å². The van der Waals surface area contributed by atoms with E-state index in [1.165, 1.54) is 0 Å². The average molecular weight is 359 g/mol. The van der Waals surface area contributed by atoms with Crippen molar-refractivity contribution in [2.24, 2.45) is 0 Å². The van der Waals surface area contributed by atoms with Crippen molar-refractivity contribution < 1.29 is 14.7 Å². The fourth-order valence-corrected chi connectivity index (χ4v) is 4.08. The predicted octanol–water partition coefficient (Wildman–Crippen LogP) is 2.27. The number of rotatable bonds is 5. The van der Waals surface area contributed by atoms with Crippen LogP contribution in [0.1, 0.15) is 28.0 Å². The molecular weight excluding hydrogens is 338 g/mol. The molecule has 0 bridgehead atoms. The van der Waals surface area contributed by atoms with Crippen LogP contribution in [0.4, 0.5) is 0 Å². The fourth-order valence-electron chi connectivity index (χ4n) is 3.02. The maximum absolute atomic E-state index is 12.9. The van der Waals surface area contributed by atoms with E-state index in [9.17, 15) is 9.59 Å². The van der Waals surface area contributed by atoms with Crippen molar-refractivity contribution in [1.82, 2.24) is 14.7 Å². The minimum Gasteiger partial charge on any atom is -0.481 e. The molecule has 1 aromatic carbocycles. The van der Waals surface area contributed by atoms with E-state index in [2.05, 4.69) is 5.10 Å². The molecule has 1 saturated heterocycles. The second kappa shape index (κ2) is 7.74. The summed E-state index contributed by atoms with van der Waals surface area (Å²) in [6.45, 7) is 3.06. The zero-order valence-corrected chi connectivity index (χ0v) is 14.9. The number of carboxylic acids is 1. The third-order valence-electron chi connectivity index (χ3n) is 4.41. The molecule has 0 radical (unpaired) electrons. The molecule has 1 amide bonds. The van der Waals surface area contributed by atoms with E-state index in [1.807, 2.05) is 41.9 Å². The first-order valence-corrected chi connectivity index (χ1v) is 9.38. The topological polar surface area (TPSA) is 75.4 Å². The summed E-state index contributed by atoms with van der Waals surface area (Å²) in [6, 6.07) is 9.69. The molecule has 1 aromatic heterocycles. The number of aliphatic carboxylic acids is 1. The standard InChI is InChI=1S/C18H21N3O3S/c1-13-16(10-19-21(13)11-14-5-3-2-4-6-14)18(24)20-7-8-25-12-15(20)9-17(22)23/h2-6,10,15H,7-9,11-12H2,1H3,(H,22,23). The molecule has 0 spiro atoms. The Bertz CT molecular complexity index is 760. The van der Waals surface area contributed by atoms with Crippen molar-refractivity contribution in [2.75, 3.05) is 18.1 Å². The van der Waals surface area contributed by atoms with Crippen molar-refractivity contribution in [2.45, 2.75) is 25.9 Å². The molecule has 132 valence electrons. The van der Waals surface area contributed by atoms with Crippen LogP contribution in [0, 0.1) is 6.92 Å². The second-order valence-corrected chi connectivity index (χ2v) is 7.26. The number of benzene rings is 1. The van der Waals surface area contributed by atoms with Gasteiger partial charge in [-0.15, -0.1) is 0 Å². The highest BCUT2D eigenvalue weighted by atomic mass is 32.2. The van der Waals surface area contributed by atoms with Crippen molar-refractivity contribution in [1.29, 1.82) is 0 Å². The number of hydrogen-bond acceptors (Lipinski definition) is 4. The Morgan fingerprint density at radius 3 is 2.80 bits per heavy atom. The van der Waals surface area contributed by atoms with E-state index in [0.29, 0.717) is 24.4 Å². The van der Waals surface area contributed by atoms with Crippen LogP contribution >= 0.6 is 11.8 Å². The Kier molecular flexibility index (Phi) is 5.43. The fraction of sp³-hybridized carbons (Fsp3) is 0.389. The number of amides is 1. The van der Waals surface area contributed by atoms with Gasteiger partial charge in [-0.05, 0) is 12.5 Å². The van der Waals surface area contributed by atoms with Crippen LogP contribution in [0.2, 0.25) is 0 Å². The smallest absolute Gasteiger partial charge is 0.305 e. The minimum atomic E-state index is -0.873. The molecule has 1 atom stereocenters. The second-order valence-electron chi connectivity index (χ2n) is 6.11. The molecule has 0 aliphatic carbocycles. The lowest BCUT2D eigenvalue weighted by Gasteiger charge is -2.34. The summed E-state index contributed by atoms with van der Waals surface area (Å²) in [5.41, 5.74) is 2.48. The summed E-state index contributed by atoms with van der Waals surface area (Å²) < 4.78 is 1.81. The summed E-state index contributed by atoms with van der Waals surface area (Å²) in [6.07, 6.45) is 1.58. The molecule has 1 unspecified atom stereocenters. The van der Waals surface area contributed by atoms with Crippen molar-refractivity contribution in [3.05, 3.63) is 53.3 Å². The summed E-state index contributed by atoms with van der Waals surface area (Å²) in [7, 11) is 0. The van der Waals surface area contributed by atoms with Gasteiger partial charge in [-0.1, -0.05) is 30.3 Å². The summed E-state index contributed by atoms with van der Waals surface area (Å²) >= 11 is 1.69. The van der Waals surface area contributed by atoms with Crippen molar-refractivity contribution >= 4 is 23.6 Å². The van der Waals surface area contributed by atoms with Gasteiger partial charge in [0.1, 0.15) is 0 Å². The van der Waals surface area contributed by atoms with Gasteiger partial charge < -0.3 is 10.0 Å². The Morgan fingerprint density at radius 1 is 1.32 bits per heavy atom. The lowest BCUT2D eigenvalue weighted by atomic mass is 10.1. The maximum atomic E-state index is 12.9. The highest BCUT2D eigenvalue weighted by molar-refractivity contribution is 7.99. The zero-order chi connectivity index (χ0) is 17.8. The largest absolute Gasteiger partial charge is 0.481 e. The van der Waals surface area contributed by atoms with Crippen LogP contribution in [0.15, 0.2) is 36.5 Å². The van der Waals surface area contributed by atoms with Crippen LogP contribution in [0.3, 0.4) is 0 Å². The number of hydrogen-bond donors (Lipinski definition) is 1. The molecule has 1 aliphatic rings. The predicted molar refractivity (Wildman–Crippen MR) is 96.9 cm³/mol. The van der Waals surface area contributed by atoms with Crippen molar-refractivity contribution in [3.8, 4) is 0 Å². The molecule has 7 heteroatoms. The molecule has 6 nitrogen and oxygen atoms in total. The van der Waals surface area contributed by atoms with Gasteiger partial charge in [0.15, 0.2) is 0 Å². The van der Waals surface area contributed by atoms with E-state index in [4.69, 9.17) is 5.11 Å². The first kappa shape index (κ1) is 17.5. The molecule has 0 saturated carbocycles. The van der Waals surface area contributed by atoms with Crippen molar-refractivity contribution in [3.63, 3.8) is 0 Å². The number of carbonyl (C=O) groups excluding carboxylic acids is 1. The minimum absolute atomic E-state index is 0.0179. The Balaban J connectivity index is 1.79. The summed E-state index contributed by atoms with van der Waals surface area (Å²) in [5, 5.41) is 13.5. The van der Waals surface area contributed by atoms with Gasteiger partial charge in [-0.3, -0.25) is 14.3 Å². The van der Waals surface area contributed by atoms with Crippen LogP contribution in [0.5, 0.6) is 0 Å². The highest BCUT2D eigenvalue weighted by Gasteiger charge is 2.31. The van der Waals surface area contributed by atoms with Crippen LogP contribution in [-0.4, -0.2) is 55.8 Å². The monoisotopic (exact) mass is 359 g/mol. The molecule has 2 heterocycles. The van der Waals surface area contributed by atoms with Crippen LogP contribution in [0.25, 0.3) is 0 Å². The molecule has 2 aromatic rings. The molecular formula is C18H21N3O3S. The first-order chi connectivity index (χ1) is 12.1. The average Bonchev–Trinajstić information content (AvgIpc) is 2.96. The van der Waals surface area contributed by atoms with Gasteiger partial charge in [0.05, 0.1) is 30.8 Å². The highest BCUT2D eigenvalue weighted by Crippen LogP contribution is 2.22. The quantitative estimate of drug-likeness (QED) is 0.886. The summed E-state index contributed by atoms with van der Waals surface area (Å²) in [4.78, 5) is 25.7. The van der Waals surface area contributed by atoms with E-state index >= 15 is 0 Å². The Morgan fingerprint density at radius 2 is 2.08 bits per heavy atom. The molecule has 1 N–H and O–H groups in total. The third kappa shape index (κ3) is 4.04. The van der Waals surface area contributed by atoms with Gasteiger partial charge in [0, 0.05) is 23.7 Å². The third-order valence-corrected chi connectivity index (χ3v) is 5.50. The summed E-state index contributed by atoms with van der Waals surface area (Å²) in [5.74, 6) is 0.499. The Labute approximate surface area is 150 Å². The number of carboxylic acid groups (broad SMARTS) is 1. The van der Waals surface area contributed by atoms with Gasteiger partial charge in [-0.25, -0.2) is 0 Å². The normalized spacial score (nSPS) is 17.5. The van der Waals surface area contributed by atoms with E-state index in [-0.39, 0.29) is 18.4 Å². The van der Waals surface area contributed by atoms with E-state index < -0.39 is 5.97 Å².